The predicted molar refractivity (Wildman–Crippen MR) is 62.0 cm³/mol. The first-order valence-corrected chi connectivity index (χ1v) is 5.16. The zero-order valence-corrected chi connectivity index (χ0v) is 10.0. The van der Waals surface area contributed by atoms with Gasteiger partial charge in [-0.15, -0.1) is 0 Å². The van der Waals surface area contributed by atoms with Gasteiger partial charge in [-0.25, -0.2) is 0 Å². The standard InChI is InChI=1S/C12H14O6/c1-17-8-4-3-7(10(6-8)18-2)5-9(11(13)14)12(15)16/h3-4,6,9H,5H2,1-2H3,(H,13,14)(H,15,16). The van der Waals surface area contributed by atoms with E-state index in [0.717, 1.165) is 0 Å². The highest BCUT2D eigenvalue weighted by molar-refractivity contribution is 5.93. The molecule has 0 saturated heterocycles. The highest BCUT2D eigenvalue weighted by Gasteiger charge is 2.27. The minimum atomic E-state index is -1.49. The second-order valence-electron chi connectivity index (χ2n) is 3.61. The molecule has 1 aromatic rings. The Morgan fingerprint density at radius 1 is 1.17 bits per heavy atom. The van der Waals surface area contributed by atoms with Gasteiger partial charge in [0.1, 0.15) is 11.5 Å². The van der Waals surface area contributed by atoms with Gasteiger partial charge in [0.25, 0.3) is 0 Å². The van der Waals surface area contributed by atoms with Crippen LogP contribution in [0.5, 0.6) is 11.5 Å². The molecular weight excluding hydrogens is 240 g/mol. The maximum atomic E-state index is 10.8. The van der Waals surface area contributed by atoms with Crippen LogP contribution in [0.1, 0.15) is 5.56 Å². The fraction of sp³-hybridized carbons (Fsp3) is 0.333. The van der Waals surface area contributed by atoms with Crippen LogP contribution in [0.3, 0.4) is 0 Å². The predicted octanol–water partition coefficient (Wildman–Crippen LogP) is 1.03. The van der Waals surface area contributed by atoms with Crippen LogP contribution < -0.4 is 9.47 Å². The van der Waals surface area contributed by atoms with Crippen LogP contribution in [0.2, 0.25) is 0 Å². The molecule has 0 heterocycles. The van der Waals surface area contributed by atoms with Gasteiger partial charge in [0, 0.05) is 6.07 Å². The zero-order valence-electron chi connectivity index (χ0n) is 10.0. The van der Waals surface area contributed by atoms with E-state index in [2.05, 4.69) is 0 Å². The molecule has 0 amide bonds. The van der Waals surface area contributed by atoms with Crippen LogP contribution in [0.25, 0.3) is 0 Å². The van der Waals surface area contributed by atoms with Crippen molar-refractivity contribution in [1.29, 1.82) is 0 Å². The largest absolute Gasteiger partial charge is 0.497 e. The summed E-state index contributed by atoms with van der Waals surface area (Å²) in [6, 6.07) is 4.80. The van der Waals surface area contributed by atoms with Crippen LogP contribution in [-0.4, -0.2) is 36.4 Å². The summed E-state index contributed by atoms with van der Waals surface area (Å²) in [6.45, 7) is 0. The molecular formula is C12H14O6. The molecule has 1 rings (SSSR count). The number of methoxy groups -OCH3 is 2. The summed E-state index contributed by atoms with van der Waals surface area (Å²) in [5, 5.41) is 17.6. The number of ether oxygens (including phenoxy) is 2. The Bertz CT molecular complexity index is 440. The van der Waals surface area contributed by atoms with Crippen LogP contribution >= 0.6 is 0 Å². The average molecular weight is 254 g/mol. The van der Waals surface area contributed by atoms with E-state index in [0.29, 0.717) is 17.1 Å². The van der Waals surface area contributed by atoms with E-state index in [-0.39, 0.29) is 6.42 Å². The van der Waals surface area contributed by atoms with Gasteiger partial charge in [-0.3, -0.25) is 9.59 Å². The van der Waals surface area contributed by atoms with Crippen LogP contribution in [-0.2, 0) is 16.0 Å². The van der Waals surface area contributed by atoms with E-state index in [4.69, 9.17) is 19.7 Å². The van der Waals surface area contributed by atoms with Gasteiger partial charge in [-0.1, -0.05) is 6.07 Å². The first kappa shape index (κ1) is 13.8. The van der Waals surface area contributed by atoms with E-state index in [9.17, 15) is 9.59 Å². The highest BCUT2D eigenvalue weighted by Crippen LogP contribution is 2.26. The molecule has 0 unspecified atom stereocenters. The smallest absolute Gasteiger partial charge is 0.318 e. The Morgan fingerprint density at radius 3 is 2.22 bits per heavy atom. The summed E-state index contributed by atoms with van der Waals surface area (Å²) in [5.74, 6) is -3.28. The first-order valence-electron chi connectivity index (χ1n) is 5.16. The normalized spacial score (nSPS) is 10.2. The Balaban J connectivity index is 3.02. The summed E-state index contributed by atoms with van der Waals surface area (Å²) in [4.78, 5) is 21.6. The molecule has 1 aromatic carbocycles. The van der Waals surface area contributed by atoms with Crippen molar-refractivity contribution in [3.63, 3.8) is 0 Å². The molecule has 0 atom stereocenters. The third-order valence-electron chi connectivity index (χ3n) is 2.51. The SMILES string of the molecule is COc1ccc(CC(C(=O)O)C(=O)O)c(OC)c1. The van der Waals surface area contributed by atoms with Crippen molar-refractivity contribution in [2.24, 2.45) is 5.92 Å². The molecule has 0 aliphatic rings. The highest BCUT2D eigenvalue weighted by atomic mass is 16.5. The van der Waals surface area contributed by atoms with E-state index in [1.165, 1.54) is 14.2 Å². The van der Waals surface area contributed by atoms with Crippen molar-refractivity contribution in [2.45, 2.75) is 6.42 Å². The fourth-order valence-corrected chi connectivity index (χ4v) is 1.52. The molecule has 2 N–H and O–H groups in total. The Labute approximate surface area is 104 Å². The van der Waals surface area contributed by atoms with Gasteiger partial charge >= 0.3 is 11.9 Å². The number of rotatable bonds is 6. The lowest BCUT2D eigenvalue weighted by Crippen LogP contribution is -2.25. The van der Waals surface area contributed by atoms with Gasteiger partial charge in [0.2, 0.25) is 0 Å². The Hall–Kier alpha value is -2.24. The van der Waals surface area contributed by atoms with E-state index in [1.807, 2.05) is 0 Å². The van der Waals surface area contributed by atoms with Gasteiger partial charge in [0.15, 0.2) is 5.92 Å². The summed E-state index contributed by atoms with van der Waals surface area (Å²) >= 11 is 0. The lowest BCUT2D eigenvalue weighted by Gasteiger charge is -2.12. The molecule has 0 aliphatic carbocycles. The third-order valence-corrected chi connectivity index (χ3v) is 2.51. The second kappa shape index (κ2) is 5.90. The molecule has 0 saturated carbocycles. The molecule has 18 heavy (non-hydrogen) atoms. The molecule has 0 aliphatic heterocycles. The summed E-state index contributed by atoms with van der Waals surface area (Å²) in [6.07, 6.45) is -0.141. The van der Waals surface area contributed by atoms with Crippen molar-refractivity contribution < 1.29 is 29.3 Å². The van der Waals surface area contributed by atoms with Gasteiger partial charge < -0.3 is 19.7 Å². The van der Waals surface area contributed by atoms with Gasteiger partial charge in [0.05, 0.1) is 14.2 Å². The molecule has 0 spiro atoms. The topological polar surface area (TPSA) is 93.1 Å². The van der Waals surface area contributed by atoms with Gasteiger partial charge in [-0.2, -0.15) is 0 Å². The molecule has 0 aromatic heterocycles. The zero-order chi connectivity index (χ0) is 13.7. The third kappa shape index (κ3) is 3.13. The van der Waals surface area contributed by atoms with Crippen molar-refractivity contribution in [3.05, 3.63) is 23.8 Å². The fourth-order valence-electron chi connectivity index (χ4n) is 1.52. The monoisotopic (exact) mass is 254 g/mol. The number of hydrogen-bond donors (Lipinski definition) is 2. The molecule has 0 radical (unpaired) electrons. The number of carboxylic acid groups (broad SMARTS) is 2. The number of carbonyl (C=O) groups is 2. The minimum absolute atomic E-state index is 0.141. The van der Waals surface area contributed by atoms with E-state index >= 15 is 0 Å². The maximum absolute atomic E-state index is 10.8. The Morgan fingerprint density at radius 2 is 1.78 bits per heavy atom. The lowest BCUT2D eigenvalue weighted by atomic mass is 9.99. The first-order chi connectivity index (χ1) is 8.49. The summed E-state index contributed by atoms with van der Waals surface area (Å²) in [5.41, 5.74) is 0.508. The van der Waals surface area contributed by atoms with Crippen molar-refractivity contribution in [3.8, 4) is 11.5 Å². The van der Waals surface area contributed by atoms with E-state index in [1.54, 1.807) is 18.2 Å². The molecule has 6 heteroatoms. The minimum Gasteiger partial charge on any atom is -0.497 e. The molecule has 6 nitrogen and oxygen atoms in total. The van der Waals surface area contributed by atoms with Crippen molar-refractivity contribution >= 4 is 11.9 Å². The Kier molecular flexibility index (Phi) is 4.53. The van der Waals surface area contributed by atoms with Crippen molar-refractivity contribution in [2.75, 3.05) is 14.2 Å². The molecule has 0 fully saturated rings. The van der Waals surface area contributed by atoms with Crippen molar-refractivity contribution in [1.82, 2.24) is 0 Å². The maximum Gasteiger partial charge on any atom is 0.318 e. The van der Waals surface area contributed by atoms with Crippen LogP contribution in [0, 0.1) is 5.92 Å². The van der Waals surface area contributed by atoms with E-state index < -0.39 is 17.9 Å². The van der Waals surface area contributed by atoms with Gasteiger partial charge in [-0.05, 0) is 18.1 Å². The number of benzene rings is 1. The number of hydrogen-bond acceptors (Lipinski definition) is 4. The van der Waals surface area contributed by atoms with Crippen LogP contribution in [0.4, 0.5) is 0 Å². The molecule has 98 valence electrons. The summed E-state index contributed by atoms with van der Waals surface area (Å²) < 4.78 is 10.1. The number of carboxylic acids is 2. The number of aliphatic carboxylic acids is 2. The lowest BCUT2D eigenvalue weighted by molar-refractivity contribution is -0.154. The summed E-state index contributed by atoms with van der Waals surface area (Å²) in [7, 11) is 2.92. The second-order valence-corrected chi connectivity index (χ2v) is 3.61. The van der Waals surface area contributed by atoms with Crippen LogP contribution in [0.15, 0.2) is 18.2 Å². The average Bonchev–Trinajstić information content (AvgIpc) is 2.34. The quantitative estimate of drug-likeness (QED) is 0.736. The molecule has 0 bridgehead atoms.